The topological polar surface area (TPSA) is 52.3 Å². The van der Waals surface area contributed by atoms with E-state index in [1.54, 1.807) is 12.1 Å². The third-order valence-electron chi connectivity index (χ3n) is 2.97. The predicted octanol–water partition coefficient (Wildman–Crippen LogP) is 2.00. The second-order valence-corrected chi connectivity index (χ2v) is 4.13. The zero-order valence-electron chi connectivity index (χ0n) is 8.91. The van der Waals surface area contributed by atoms with Crippen molar-refractivity contribution in [1.82, 2.24) is 0 Å². The lowest BCUT2D eigenvalue weighted by atomic mass is 10.0. The molecule has 86 valence electrons. The van der Waals surface area contributed by atoms with Gasteiger partial charge in [0.2, 0.25) is 0 Å². The van der Waals surface area contributed by atoms with Gasteiger partial charge in [-0.15, -0.1) is 0 Å². The first-order valence-electron chi connectivity index (χ1n) is 5.37. The Labute approximate surface area is 93.4 Å². The van der Waals surface area contributed by atoms with Gasteiger partial charge in [-0.1, -0.05) is 6.07 Å². The Bertz CT molecular complexity index is 400. The lowest BCUT2D eigenvalue weighted by molar-refractivity contribution is -0.133. The maximum absolute atomic E-state index is 13.0. The summed E-state index contributed by atoms with van der Waals surface area (Å²) in [4.78, 5) is 11.4. The fourth-order valence-corrected chi connectivity index (χ4v) is 2.10. The maximum Gasteiger partial charge on any atom is 0.261 e. The molecule has 0 aliphatic heterocycles. The van der Waals surface area contributed by atoms with Crippen molar-refractivity contribution < 1.29 is 13.9 Å². The van der Waals surface area contributed by atoms with Crippen LogP contribution in [0.3, 0.4) is 0 Å². The van der Waals surface area contributed by atoms with E-state index in [-0.39, 0.29) is 5.82 Å². The maximum atomic E-state index is 13.0. The quantitative estimate of drug-likeness (QED) is 0.852. The highest BCUT2D eigenvalue weighted by Crippen LogP contribution is 2.34. The zero-order chi connectivity index (χ0) is 11.6. The van der Waals surface area contributed by atoms with E-state index in [4.69, 9.17) is 10.5 Å². The minimum Gasteiger partial charge on any atom is -0.477 e. The summed E-state index contributed by atoms with van der Waals surface area (Å²) in [6, 6.07) is 5.78. The van der Waals surface area contributed by atoms with Crippen molar-refractivity contribution in [3.8, 4) is 5.75 Å². The van der Waals surface area contributed by atoms with E-state index in [1.807, 2.05) is 0 Å². The molecule has 0 aromatic heterocycles. The molecule has 1 amide bonds. The minimum atomic E-state index is -0.937. The molecule has 1 aromatic rings. The molecule has 2 N–H and O–H groups in total. The third kappa shape index (κ3) is 2.01. The largest absolute Gasteiger partial charge is 0.477 e. The number of hydrogen-bond donors (Lipinski definition) is 1. The lowest BCUT2D eigenvalue weighted by Gasteiger charge is -2.26. The second kappa shape index (κ2) is 4.12. The molecule has 0 radical (unpaired) electrons. The van der Waals surface area contributed by atoms with Crippen molar-refractivity contribution in [2.75, 3.05) is 0 Å². The first-order chi connectivity index (χ1) is 7.62. The molecular formula is C12H14FNO2. The van der Waals surface area contributed by atoms with E-state index >= 15 is 0 Å². The number of carbonyl (C=O) groups is 1. The monoisotopic (exact) mass is 223 g/mol. The molecule has 0 bridgehead atoms. The fourth-order valence-electron chi connectivity index (χ4n) is 2.10. The van der Waals surface area contributed by atoms with Gasteiger partial charge >= 0.3 is 0 Å². The first kappa shape index (κ1) is 10.9. The van der Waals surface area contributed by atoms with Gasteiger partial charge in [0, 0.05) is 6.07 Å². The molecular weight excluding hydrogens is 209 g/mol. The minimum absolute atomic E-state index is 0.362. The number of ether oxygens (including phenoxy) is 1. The van der Waals surface area contributed by atoms with Crippen molar-refractivity contribution in [2.45, 2.75) is 31.3 Å². The molecule has 0 heterocycles. The Morgan fingerprint density at radius 2 is 2.06 bits per heavy atom. The summed E-state index contributed by atoms with van der Waals surface area (Å²) in [7, 11) is 0. The van der Waals surface area contributed by atoms with Crippen LogP contribution in [0.15, 0.2) is 24.3 Å². The molecule has 1 saturated carbocycles. The van der Waals surface area contributed by atoms with E-state index in [1.165, 1.54) is 12.1 Å². The number of primary amides is 1. The van der Waals surface area contributed by atoms with Gasteiger partial charge in [-0.3, -0.25) is 4.79 Å². The van der Waals surface area contributed by atoms with E-state index in [0.29, 0.717) is 18.6 Å². The highest BCUT2D eigenvalue weighted by atomic mass is 19.1. The van der Waals surface area contributed by atoms with E-state index in [2.05, 4.69) is 0 Å². The molecule has 16 heavy (non-hydrogen) atoms. The number of nitrogens with two attached hydrogens (primary N) is 1. The number of hydrogen-bond acceptors (Lipinski definition) is 2. The van der Waals surface area contributed by atoms with Crippen LogP contribution in [0.4, 0.5) is 4.39 Å². The molecule has 4 heteroatoms. The zero-order valence-corrected chi connectivity index (χ0v) is 8.91. The SMILES string of the molecule is NC(=O)C1(Oc2cccc(F)c2)CCCC1. The predicted molar refractivity (Wildman–Crippen MR) is 57.4 cm³/mol. The van der Waals surface area contributed by atoms with Crippen LogP contribution in [0.2, 0.25) is 0 Å². The number of halogens is 1. The van der Waals surface area contributed by atoms with E-state index in [0.717, 1.165) is 12.8 Å². The van der Waals surface area contributed by atoms with Gasteiger partial charge < -0.3 is 10.5 Å². The van der Waals surface area contributed by atoms with Crippen LogP contribution < -0.4 is 10.5 Å². The van der Waals surface area contributed by atoms with Crippen molar-refractivity contribution in [3.63, 3.8) is 0 Å². The number of rotatable bonds is 3. The highest BCUT2D eigenvalue weighted by molar-refractivity contribution is 5.84. The van der Waals surface area contributed by atoms with E-state index < -0.39 is 11.5 Å². The lowest BCUT2D eigenvalue weighted by Crippen LogP contribution is -2.46. The van der Waals surface area contributed by atoms with Gasteiger partial charge in [0.25, 0.3) is 5.91 Å². The number of benzene rings is 1. The molecule has 1 aromatic carbocycles. The van der Waals surface area contributed by atoms with Crippen molar-refractivity contribution >= 4 is 5.91 Å². The Morgan fingerprint density at radius 3 is 2.62 bits per heavy atom. The fraction of sp³-hybridized carbons (Fsp3) is 0.417. The standard InChI is InChI=1S/C12H14FNO2/c13-9-4-3-5-10(8-9)16-12(11(14)15)6-1-2-7-12/h3-5,8H,1-2,6-7H2,(H2,14,15). The highest BCUT2D eigenvalue weighted by Gasteiger charge is 2.42. The normalized spacial score (nSPS) is 18.3. The summed E-state index contributed by atoms with van der Waals surface area (Å²) in [6.45, 7) is 0. The number of carbonyl (C=O) groups excluding carboxylic acids is 1. The van der Waals surface area contributed by atoms with Gasteiger partial charge in [0.15, 0.2) is 5.60 Å². The number of amides is 1. The molecule has 1 aliphatic rings. The molecule has 2 rings (SSSR count). The molecule has 1 fully saturated rings. The molecule has 0 saturated heterocycles. The van der Waals surface area contributed by atoms with Gasteiger partial charge in [-0.2, -0.15) is 0 Å². The van der Waals surface area contributed by atoms with Crippen LogP contribution in [-0.4, -0.2) is 11.5 Å². The average molecular weight is 223 g/mol. The molecule has 0 atom stereocenters. The van der Waals surface area contributed by atoms with Crippen LogP contribution in [-0.2, 0) is 4.79 Å². The van der Waals surface area contributed by atoms with Crippen LogP contribution >= 0.6 is 0 Å². The second-order valence-electron chi connectivity index (χ2n) is 4.13. The summed E-state index contributed by atoms with van der Waals surface area (Å²) < 4.78 is 18.6. The molecule has 0 unspecified atom stereocenters. The van der Waals surface area contributed by atoms with Crippen LogP contribution in [0.5, 0.6) is 5.75 Å². The summed E-state index contributed by atoms with van der Waals surface area (Å²) in [6.07, 6.45) is 3.05. The van der Waals surface area contributed by atoms with Crippen LogP contribution in [0, 0.1) is 5.82 Å². The third-order valence-corrected chi connectivity index (χ3v) is 2.97. The van der Waals surface area contributed by atoms with Crippen molar-refractivity contribution in [1.29, 1.82) is 0 Å². The molecule has 3 nitrogen and oxygen atoms in total. The van der Waals surface area contributed by atoms with Crippen molar-refractivity contribution in [2.24, 2.45) is 5.73 Å². The Kier molecular flexibility index (Phi) is 2.81. The Morgan fingerprint density at radius 1 is 1.38 bits per heavy atom. The van der Waals surface area contributed by atoms with Crippen LogP contribution in [0.25, 0.3) is 0 Å². The average Bonchev–Trinajstić information content (AvgIpc) is 2.67. The van der Waals surface area contributed by atoms with E-state index in [9.17, 15) is 9.18 Å². The van der Waals surface area contributed by atoms with Gasteiger partial charge in [0.05, 0.1) is 0 Å². The van der Waals surface area contributed by atoms with Gasteiger partial charge in [-0.05, 0) is 37.8 Å². The Balaban J connectivity index is 2.21. The summed E-state index contributed by atoms with van der Waals surface area (Å²) in [5.41, 5.74) is 4.42. The summed E-state index contributed by atoms with van der Waals surface area (Å²) in [5, 5.41) is 0. The first-order valence-corrected chi connectivity index (χ1v) is 5.37. The van der Waals surface area contributed by atoms with Crippen LogP contribution in [0.1, 0.15) is 25.7 Å². The molecule has 1 aliphatic carbocycles. The van der Waals surface area contributed by atoms with Gasteiger partial charge in [-0.25, -0.2) is 4.39 Å². The van der Waals surface area contributed by atoms with Crippen molar-refractivity contribution in [3.05, 3.63) is 30.1 Å². The smallest absolute Gasteiger partial charge is 0.261 e. The Hall–Kier alpha value is -1.58. The summed E-state index contributed by atoms with van der Waals surface area (Å²) in [5.74, 6) is -0.481. The summed E-state index contributed by atoms with van der Waals surface area (Å²) >= 11 is 0. The molecule has 0 spiro atoms. The van der Waals surface area contributed by atoms with Gasteiger partial charge in [0.1, 0.15) is 11.6 Å².